The Kier molecular flexibility index (Phi) is 44.0. The molecule has 0 aromatic carbocycles. The van der Waals surface area contributed by atoms with Crippen LogP contribution in [0.25, 0.3) is 0 Å². The van der Waals surface area contributed by atoms with Crippen molar-refractivity contribution in [3.8, 4) is 0 Å². The summed E-state index contributed by atoms with van der Waals surface area (Å²) in [6.07, 6.45) is -14.5. The van der Waals surface area contributed by atoms with E-state index in [9.17, 15) is 72.3 Å². The first-order valence-electron chi connectivity index (χ1n) is 27.0. The summed E-state index contributed by atoms with van der Waals surface area (Å²) in [6.45, 7) is 30.0. The molecule has 0 saturated heterocycles. The van der Waals surface area contributed by atoms with Crippen molar-refractivity contribution in [2.75, 3.05) is 79.8 Å². The molecule has 26 heteroatoms. The third kappa shape index (κ3) is 43.7. The second-order valence-corrected chi connectivity index (χ2v) is 21.6. The number of methoxy groups -OCH3 is 1. The summed E-state index contributed by atoms with van der Waals surface area (Å²) >= 11 is 0. The van der Waals surface area contributed by atoms with E-state index in [1.54, 1.807) is 69.4 Å². The number of hydrogen-bond acceptors (Lipinski definition) is 15. The number of halogens is 11. The van der Waals surface area contributed by atoms with Gasteiger partial charge < -0.3 is 47.4 Å². The van der Waals surface area contributed by atoms with Gasteiger partial charge in [-0.05, 0) is 121 Å². The highest BCUT2D eigenvalue weighted by Crippen LogP contribution is 2.28. The van der Waals surface area contributed by atoms with Crippen molar-refractivity contribution in [2.45, 2.75) is 219 Å². The molecule has 0 aromatic rings. The Morgan fingerprint density at radius 1 is 0.358 bits per heavy atom. The molecule has 0 spiro atoms. The molecule has 81 heavy (non-hydrogen) atoms. The third-order valence-electron chi connectivity index (χ3n) is 12.5. The molecule has 0 radical (unpaired) electrons. The van der Waals surface area contributed by atoms with Gasteiger partial charge >= 0.3 is 48.4 Å². The zero-order chi connectivity index (χ0) is 64.9. The maximum absolute atomic E-state index is 13.0. The van der Waals surface area contributed by atoms with Gasteiger partial charge in [-0.3, -0.25) is 24.0 Å². The molecular weight excluding hydrogens is 1110 g/mol. The fourth-order valence-electron chi connectivity index (χ4n) is 4.47. The van der Waals surface area contributed by atoms with Gasteiger partial charge in [0.1, 0.15) is 45.7 Å². The van der Waals surface area contributed by atoms with Crippen molar-refractivity contribution in [1.29, 1.82) is 0 Å². The zero-order valence-electron chi connectivity index (χ0n) is 51.7. The van der Waals surface area contributed by atoms with Gasteiger partial charge in [-0.15, -0.1) is 0 Å². The number of alkyl halides is 11. The zero-order valence-corrected chi connectivity index (χ0v) is 51.7. The van der Waals surface area contributed by atoms with Gasteiger partial charge in [-0.1, -0.05) is 48.5 Å². The fourth-order valence-corrected chi connectivity index (χ4v) is 4.47. The average molecular weight is 1210 g/mol. The predicted octanol–water partition coefficient (Wildman–Crippen LogP) is 13.8. The van der Waals surface area contributed by atoms with Crippen molar-refractivity contribution < 1.29 is 120 Å². The van der Waals surface area contributed by atoms with E-state index in [1.807, 2.05) is 48.5 Å². The average Bonchev–Trinajstić information content (AvgIpc) is 3.36. The van der Waals surface area contributed by atoms with Gasteiger partial charge in [-0.25, -0.2) is 8.78 Å². The Hall–Kier alpha value is -3.62. The lowest BCUT2D eigenvalue weighted by Crippen LogP contribution is -2.34. The maximum Gasteiger partial charge on any atom is 0.414 e. The minimum Gasteiger partial charge on any atom is -0.463 e. The number of esters is 5. The summed E-state index contributed by atoms with van der Waals surface area (Å²) in [4.78, 5) is 57.2. The van der Waals surface area contributed by atoms with Gasteiger partial charge in [-0.2, -0.15) is 39.5 Å². The van der Waals surface area contributed by atoms with Crippen LogP contribution in [0.2, 0.25) is 0 Å². The molecule has 0 N–H and O–H groups in total. The van der Waals surface area contributed by atoms with Crippen LogP contribution in [0.15, 0.2) is 0 Å². The lowest BCUT2D eigenvalue weighted by atomic mass is 9.91. The van der Waals surface area contributed by atoms with Crippen LogP contribution in [-0.2, 0) is 71.3 Å². The van der Waals surface area contributed by atoms with Crippen LogP contribution in [0.3, 0.4) is 0 Å². The first kappa shape index (κ1) is 86.2. The SMILES string of the molecule is CCC(C)(C)C(=O)OCCOC.CCC(C)(C)C(=O)OCCOC(C)C(F)(F)F.CCC(C)(C)C(=O)OCCOCC(F)(F)F.CCC(OCCOC(=O)C(C)(C)CC)C(C)(F)F.CCC(OCCOC(=O)C(C)(C)CC)C(F)(F)F. The minimum absolute atomic E-state index is 0.00648. The van der Waals surface area contributed by atoms with Crippen molar-refractivity contribution in [3.63, 3.8) is 0 Å². The fraction of sp³-hybridized carbons (Fsp3) is 0.909. The minimum atomic E-state index is -4.38. The normalized spacial score (nSPS) is 13.6. The summed E-state index contributed by atoms with van der Waals surface area (Å²) in [5.74, 6) is -4.63. The van der Waals surface area contributed by atoms with Crippen LogP contribution in [0, 0.1) is 27.1 Å². The lowest BCUT2D eigenvalue weighted by molar-refractivity contribution is -0.223. The molecule has 0 amide bonds. The quantitative estimate of drug-likeness (QED) is 0.0269. The third-order valence-corrected chi connectivity index (χ3v) is 12.5. The number of hydrogen-bond donors (Lipinski definition) is 0. The molecule has 0 bridgehead atoms. The highest BCUT2D eigenvalue weighted by atomic mass is 19.4. The molecule has 0 aliphatic heterocycles. The van der Waals surface area contributed by atoms with E-state index >= 15 is 0 Å². The predicted molar refractivity (Wildman–Crippen MR) is 282 cm³/mol. The van der Waals surface area contributed by atoms with Gasteiger partial charge in [0.05, 0.1) is 60.1 Å². The van der Waals surface area contributed by atoms with Gasteiger partial charge in [0, 0.05) is 14.0 Å². The molecule has 0 rings (SSSR count). The van der Waals surface area contributed by atoms with E-state index < -0.39 is 88.9 Å². The topological polar surface area (TPSA) is 178 Å². The van der Waals surface area contributed by atoms with Crippen LogP contribution < -0.4 is 0 Å². The van der Waals surface area contributed by atoms with Crippen molar-refractivity contribution in [2.24, 2.45) is 27.1 Å². The van der Waals surface area contributed by atoms with E-state index in [0.717, 1.165) is 20.3 Å². The molecule has 0 aliphatic carbocycles. The highest BCUT2D eigenvalue weighted by Gasteiger charge is 2.40. The Morgan fingerprint density at radius 2 is 0.617 bits per heavy atom. The molecule has 0 heterocycles. The second kappa shape index (κ2) is 41.4. The van der Waals surface area contributed by atoms with E-state index in [0.29, 0.717) is 38.9 Å². The molecular formula is C55H99F11O15. The van der Waals surface area contributed by atoms with Crippen LogP contribution >= 0.6 is 0 Å². The van der Waals surface area contributed by atoms with Crippen molar-refractivity contribution in [3.05, 3.63) is 0 Å². The molecule has 15 nitrogen and oxygen atoms in total. The van der Waals surface area contributed by atoms with Gasteiger partial charge in [0.2, 0.25) is 0 Å². The maximum atomic E-state index is 13.0. The summed E-state index contributed by atoms with van der Waals surface area (Å²) in [5, 5.41) is 0. The molecule has 0 aromatic heterocycles. The number of rotatable bonds is 32. The second-order valence-electron chi connectivity index (χ2n) is 21.6. The Balaban J connectivity index is -0.000000299. The Morgan fingerprint density at radius 3 is 0.840 bits per heavy atom. The molecule has 3 atom stereocenters. The highest BCUT2D eigenvalue weighted by molar-refractivity contribution is 5.77. The van der Waals surface area contributed by atoms with E-state index in [4.69, 9.17) is 33.2 Å². The van der Waals surface area contributed by atoms with Crippen molar-refractivity contribution >= 4 is 29.8 Å². The van der Waals surface area contributed by atoms with Crippen molar-refractivity contribution in [1.82, 2.24) is 0 Å². The number of ether oxygens (including phenoxy) is 10. The van der Waals surface area contributed by atoms with E-state index in [2.05, 4.69) is 14.2 Å². The molecule has 486 valence electrons. The van der Waals surface area contributed by atoms with E-state index in [-0.39, 0.29) is 83.1 Å². The van der Waals surface area contributed by atoms with Crippen LogP contribution in [0.5, 0.6) is 0 Å². The summed E-state index contributed by atoms with van der Waals surface area (Å²) in [5.41, 5.74) is -2.75. The lowest BCUT2D eigenvalue weighted by Gasteiger charge is -2.23. The van der Waals surface area contributed by atoms with Crippen LogP contribution in [0.4, 0.5) is 48.3 Å². The van der Waals surface area contributed by atoms with Crippen LogP contribution in [0.1, 0.15) is 176 Å². The largest absolute Gasteiger partial charge is 0.463 e. The summed E-state index contributed by atoms with van der Waals surface area (Å²) < 4.78 is 182. The monoisotopic (exact) mass is 1210 g/mol. The van der Waals surface area contributed by atoms with Gasteiger partial charge in [0.15, 0.2) is 12.2 Å². The number of carbonyl (C=O) groups is 5. The molecule has 3 unspecified atom stereocenters. The van der Waals surface area contributed by atoms with Crippen LogP contribution in [-0.4, -0.2) is 152 Å². The summed E-state index contributed by atoms with van der Waals surface area (Å²) in [7, 11) is 1.58. The van der Waals surface area contributed by atoms with Gasteiger partial charge in [0.25, 0.3) is 5.92 Å². The first-order valence-corrected chi connectivity index (χ1v) is 27.0. The standard InChI is InChI=1S/C13H24F2O3.C12H21F3O3.C11H19F3O3.C10H17F3O3.C9H18O3/c1-6-10(13(5,14)15)17-8-9-18-11(16)12(3,4)7-2;1-5-9(12(13,14)15)17-7-8-18-10(16)11(3,4)6-2;1-5-10(3,4)9(15)17-7-6-16-8(2)11(12,13)14;1-4-9(2,3)8(14)16-6-5-15-7-10(11,12)13;1-5-9(2,3)8(10)12-7-6-11-4/h10H,6-9H2,1-5H3;9H,5-8H2,1-4H3;8H,5-7H2,1-4H3;4-7H2,1-3H3;5-7H2,1-4H3. The first-order chi connectivity index (χ1) is 36.6. The smallest absolute Gasteiger partial charge is 0.414 e. The van der Waals surface area contributed by atoms with E-state index in [1.165, 1.54) is 6.92 Å². The number of carbonyl (C=O) groups excluding carboxylic acids is 5. The Labute approximate surface area is 474 Å². The molecule has 0 aliphatic rings. The molecule has 0 fully saturated rings. The summed E-state index contributed by atoms with van der Waals surface area (Å²) in [6, 6.07) is 0. The Bertz CT molecular complexity index is 1640. The molecule has 0 saturated carbocycles.